The molecule has 0 saturated heterocycles. The van der Waals surface area contributed by atoms with Gasteiger partial charge in [-0.1, -0.05) is 48.6 Å². The largest absolute Gasteiger partial charge is 0.573 e. The number of anilines is 2. The smallest absolute Gasteiger partial charge is 0.406 e. The number of hydrogen-bond acceptors (Lipinski definition) is 6. The van der Waals surface area contributed by atoms with Crippen LogP contribution in [0.3, 0.4) is 0 Å². The first-order valence-electron chi connectivity index (χ1n) is 13.2. The quantitative estimate of drug-likeness (QED) is 0.262. The Bertz CT molecular complexity index is 1450. The van der Waals surface area contributed by atoms with Crippen molar-refractivity contribution in [3.63, 3.8) is 0 Å². The average Bonchev–Trinajstić information content (AvgIpc) is 3.49. The van der Waals surface area contributed by atoms with E-state index in [0.717, 1.165) is 30.5 Å². The molecule has 2 amide bonds. The molecule has 4 aromatic rings. The van der Waals surface area contributed by atoms with Gasteiger partial charge in [0.05, 0.1) is 6.54 Å². The van der Waals surface area contributed by atoms with Crippen LogP contribution in [0.1, 0.15) is 69.9 Å². The molecule has 1 aliphatic carbocycles. The molecule has 0 bridgehead atoms. The molecule has 0 radical (unpaired) electrons. The van der Waals surface area contributed by atoms with E-state index in [9.17, 15) is 22.8 Å². The van der Waals surface area contributed by atoms with Crippen LogP contribution in [0.15, 0.2) is 72.8 Å². The molecule has 0 unspecified atom stereocenters. The highest BCUT2D eigenvalue weighted by atomic mass is 19.4. The van der Waals surface area contributed by atoms with Crippen molar-refractivity contribution in [1.29, 1.82) is 0 Å². The first kappa shape index (κ1) is 27.8. The molecule has 1 heterocycles. The SMILES string of the molecule is O=C(Nc1nn[nH]n1)c1ccc(CN(C(=O)c2ccc(OC(F)(F)F)cc2)c2ccc(C3CCCCC3)cc2)cc1. The number of amides is 2. The average molecular weight is 565 g/mol. The molecule has 9 nitrogen and oxygen atoms in total. The van der Waals surface area contributed by atoms with Crippen LogP contribution in [0.5, 0.6) is 5.75 Å². The lowest BCUT2D eigenvalue weighted by Gasteiger charge is -2.26. The van der Waals surface area contributed by atoms with Gasteiger partial charge in [-0.05, 0) is 83.6 Å². The number of alkyl halides is 3. The number of carbonyl (C=O) groups is 2. The Hall–Kier alpha value is -4.74. The summed E-state index contributed by atoms with van der Waals surface area (Å²) >= 11 is 0. The molecule has 5 rings (SSSR count). The van der Waals surface area contributed by atoms with Gasteiger partial charge in [0.2, 0.25) is 0 Å². The molecule has 0 aliphatic heterocycles. The van der Waals surface area contributed by atoms with Crippen LogP contribution < -0.4 is 15.0 Å². The van der Waals surface area contributed by atoms with Crippen molar-refractivity contribution in [2.24, 2.45) is 0 Å². The molecule has 2 N–H and O–H groups in total. The Morgan fingerprint density at radius 3 is 2.17 bits per heavy atom. The minimum Gasteiger partial charge on any atom is -0.406 e. The fraction of sp³-hybridized carbons (Fsp3) is 0.276. The second-order valence-corrected chi connectivity index (χ2v) is 9.78. The van der Waals surface area contributed by atoms with Gasteiger partial charge >= 0.3 is 6.36 Å². The van der Waals surface area contributed by atoms with E-state index in [2.05, 4.69) is 30.7 Å². The lowest BCUT2D eigenvalue weighted by molar-refractivity contribution is -0.274. The third-order valence-corrected chi connectivity index (χ3v) is 6.99. The zero-order valence-electron chi connectivity index (χ0n) is 21.9. The Morgan fingerprint density at radius 1 is 0.902 bits per heavy atom. The summed E-state index contributed by atoms with van der Waals surface area (Å²) in [6.45, 7) is 0.162. The standard InChI is InChI=1S/C29H27F3N6O3/c30-29(31,32)41-25-16-12-23(13-17-25)27(40)38(24-14-10-21(11-15-24)20-4-2-1-3-5-20)18-19-6-8-22(9-7-19)26(39)33-28-34-36-37-35-28/h6-17,20H,1-5,18H2,(H2,33,34,35,36,37,39). The van der Waals surface area contributed by atoms with Crippen molar-refractivity contribution in [1.82, 2.24) is 20.6 Å². The zero-order chi connectivity index (χ0) is 28.8. The van der Waals surface area contributed by atoms with Gasteiger partial charge in [0.15, 0.2) is 0 Å². The Kier molecular flexibility index (Phi) is 8.27. The van der Waals surface area contributed by atoms with Gasteiger partial charge in [0.1, 0.15) is 5.75 Å². The van der Waals surface area contributed by atoms with Gasteiger partial charge in [0.25, 0.3) is 17.8 Å². The molecule has 0 spiro atoms. The molecule has 1 aromatic heterocycles. The van der Waals surface area contributed by atoms with Gasteiger partial charge in [0, 0.05) is 16.8 Å². The van der Waals surface area contributed by atoms with Crippen LogP contribution >= 0.6 is 0 Å². The van der Waals surface area contributed by atoms with Crippen LogP contribution in [-0.4, -0.2) is 38.8 Å². The van der Waals surface area contributed by atoms with Crippen LogP contribution in [0.2, 0.25) is 0 Å². The number of nitrogens with one attached hydrogen (secondary N) is 2. The summed E-state index contributed by atoms with van der Waals surface area (Å²) in [7, 11) is 0. The normalized spacial score (nSPS) is 13.9. The van der Waals surface area contributed by atoms with Crippen molar-refractivity contribution in [2.45, 2.75) is 50.9 Å². The Balaban J connectivity index is 1.37. The number of aromatic amines is 1. The summed E-state index contributed by atoms with van der Waals surface area (Å²) in [5, 5.41) is 15.5. The topological polar surface area (TPSA) is 113 Å². The number of ether oxygens (including phenoxy) is 1. The summed E-state index contributed by atoms with van der Waals surface area (Å²) in [4.78, 5) is 27.7. The second kappa shape index (κ2) is 12.2. The monoisotopic (exact) mass is 564 g/mol. The first-order chi connectivity index (χ1) is 19.7. The van der Waals surface area contributed by atoms with Gasteiger partial charge < -0.3 is 9.64 Å². The van der Waals surface area contributed by atoms with Crippen LogP contribution in [-0.2, 0) is 6.54 Å². The highest BCUT2D eigenvalue weighted by Crippen LogP contribution is 2.34. The summed E-state index contributed by atoms with van der Waals surface area (Å²) in [6, 6.07) is 19.4. The Morgan fingerprint density at radius 2 is 1.56 bits per heavy atom. The maximum atomic E-state index is 13.7. The summed E-state index contributed by atoms with van der Waals surface area (Å²) in [5.41, 5.74) is 3.17. The van der Waals surface area contributed by atoms with Crippen molar-refractivity contribution in [2.75, 3.05) is 10.2 Å². The second-order valence-electron chi connectivity index (χ2n) is 9.78. The predicted octanol–water partition coefficient (Wildman–Crippen LogP) is 6.25. The fourth-order valence-electron chi connectivity index (χ4n) is 4.93. The van der Waals surface area contributed by atoms with E-state index in [-0.39, 0.29) is 18.1 Å². The maximum Gasteiger partial charge on any atom is 0.573 e. The predicted molar refractivity (Wildman–Crippen MR) is 144 cm³/mol. The minimum atomic E-state index is -4.83. The lowest BCUT2D eigenvalue weighted by Crippen LogP contribution is -2.30. The first-order valence-corrected chi connectivity index (χ1v) is 13.2. The van der Waals surface area contributed by atoms with E-state index >= 15 is 0 Å². The number of carbonyl (C=O) groups excluding carboxylic acids is 2. The van der Waals surface area contributed by atoms with E-state index < -0.39 is 23.9 Å². The van der Waals surface area contributed by atoms with E-state index in [1.807, 2.05) is 24.3 Å². The number of tetrazole rings is 1. The van der Waals surface area contributed by atoms with E-state index in [4.69, 9.17) is 0 Å². The third kappa shape index (κ3) is 7.27. The van der Waals surface area contributed by atoms with Crippen molar-refractivity contribution < 1.29 is 27.5 Å². The summed E-state index contributed by atoms with van der Waals surface area (Å²) < 4.78 is 41.7. The summed E-state index contributed by atoms with van der Waals surface area (Å²) in [6.07, 6.45) is 1.11. The maximum absolute atomic E-state index is 13.7. The molecule has 1 aliphatic rings. The van der Waals surface area contributed by atoms with Crippen LogP contribution in [0.25, 0.3) is 0 Å². The number of nitrogens with zero attached hydrogens (tertiary/aromatic N) is 4. The zero-order valence-corrected chi connectivity index (χ0v) is 21.9. The van der Waals surface area contributed by atoms with Gasteiger partial charge in [-0.3, -0.25) is 14.9 Å². The molecule has 41 heavy (non-hydrogen) atoms. The van der Waals surface area contributed by atoms with Crippen molar-refractivity contribution in [3.05, 3.63) is 95.1 Å². The van der Waals surface area contributed by atoms with E-state index in [1.54, 1.807) is 29.2 Å². The number of halogens is 3. The molecular formula is C29H27F3N6O3. The lowest BCUT2D eigenvalue weighted by atomic mass is 9.84. The molecule has 3 aromatic carbocycles. The fourth-order valence-corrected chi connectivity index (χ4v) is 4.93. The minimum absolute atomic E-state index is 0.0409. The molecule has 1 fully saturated rings. The van der Waals surface area contributed by atoms with E-state index in [0.29, 0.717) is 17.2 Å². The molecule has 212 valence electrons. The Labute approximate surface area is 233 Å². The number of aromatic nitrogens is 4. The van der Waals surface area contributed by atoms with Crippen molar-refractivity contribution in [3.8, 4) is 5.75 Å². The van der Waals surface area contributed by atoms with E-state index in [1.165, 1.54) is 37.0 Å². The molecular weight excluding hydrogens is 537 g/mol. The van der Waals surface area contributed by atoms with Gasteiger partial charge in [-0.25, -0.2) is 0 Å². The highest BCUT2D eigenvalue weighted by Gasteiger charge is 2.31. The highest BCUT2D eigenvalue weighted by molar-refractivity contribution is 6.06. The number of hydrogen-bond donors (Lipinski definition) is 2. The number of H-pyrrole nitrogens is 1. The van der Waals surface area contributed by atoms with Crippen LogP contribution in [0, 0.1) is 0 Å². The number of benzene rings is 3. The van der Waals surface area contributed by atoms with Crippen LogP contribution in [0.4, 0.5) is 24.8 Å². The summed E-state index contributed by atoms with van der Waals surface area (Å²) in [5.74, 6) is -0.696. The van der Waals surface area contributed by atoms with Gasteiger partial charge in [-0.15, -0.1) is 18.3 Å². The molecule has 12 heteroatoms. The molecule has 1 saturated carbocycles. The van der Waals surface area contributed by atoms with Gasteiger partial charge in [-0.2, -0.15) is 5.21 Å². The number of rotatable bonds is 8. The molecule has 0 atom stereocenters. The van der Waals surface area contributed by atoms with Crippen molar-refractivity contribution >= 4 is 23.5 Å². The third-order valence-electron chi connectivity index (χ3n) is 6.99.